The average Bonchev–Trinajstić information content (AvgIpc) is 3.22. The first-order valence-corrected chi connectivity index (χ1v) is 7.99. The molecule has 1 aromatic heterocycles. The summed E-state index contributed by atoms with van der Waals surface area (Å²) in [5.41, 5.74) is 7.25. The minimum Gasteiger partial charge on any atom is -0.397 e. The molecule has 2 saturated carbocycles. The molecule has 110 valence electrons. The van der Waals surface area contributed by atoms with Gasteiger partial charge in [0.25, 0.3) is 5.91 Å². The van der Waals surface area contributed by atoms with E-state index >= 15 is 0 Å². The summed E-state index contributed by atoms with van der Waals surface area (Å²) in [4.78, 5) is 12.3. The number of hydrogen-bond acceptors (Lipinski definition) is 2. The molecule has 0 spiro atoms. The van der Waals surface area contributed by atoms with Gasteiger partial charge < -0.3 is 15.6 Å². The molecular weight excluding hydrogens is 250 g/mol. The Labute approximate surface area is 120 Å². The highest BCUT2D eigenvalue weighted by Gasteiger charge is 2.27. The maximum atomic E-state index is 12.3. The number of nitrogens with one attached hydrogen (secondary N) is 1. The van der Waals surface area contributed by atoms with Crippen molar-refractivity contribution in [2.45, 2.75) is 57.4 Å². The molecule has 0 atom stereocenters. The van der Waals surface area contributed by atoms with Gasteiger partial charge in [0.2, 0.25) is 0 Å². The lowest BCUT2D eigenvalue weighted by Crippen LogP contribution is -2.28. The third-order valence-electron chi connectivity index (χ3n) is 4.61. The zero-order valence-corrected chi connectivity index (χ0v) is 12.1. The van der Waals surface area contributed by atoms with Crippen LogP contribution in [-0.4, -0.2) is 17.0 Å². The fourth-order valence-corrected chi connectivity index (χ4v) is 3.29. The van der Waals surface area contributed by atoms with E-state index < -0.39 is 0 Å². The summed E-state index contributed by atoms with van der Waals surface area (Å²) in [7, 11) is 0. The second-order valence-electron chi connectivity index (χ2n) is 6.35. The van der Waals surface area contributed by atoms with Crippen molar-refractivity contribution in [1.82, 2.24) is 9.88 Å². The Morgan fingerprint density at radius 1 is 1.25 bits per heavy atom. The van der Waals surface area contributed by atoms with Crippen molar-refractivity contribution >= 4 is 11.6 Å². The predicted octanol–water partition coefficient (Wildman–Crippen LogP) is 3.11. The lowest BCUT2D eigenvalue weighted by Gasteiger charge is -2.21. The van der Waals surface area contributed by atoms with E-state index in [0.717, 1.165) is 37.4 Å². The number of carbonyl (C=O) groups is 1. The van der Waals surface area contributed by atoms with Crippen LogP contribution in [0.15, 0.2) is 12.3 Å². The lowest BCUT2D eigenvalue weighted by atomic mass is 9.87. The Morgan fingerprint density at radius 2 is 2.00 bits per heavy atom. The first-order chi connectivity index (χ1) is 9.74. The number of amides is 1. The number of hydrogen-bond donors (Lipinski definition) is 2. The summed E-state index contributed by atoms with van der Waals surface area (Å²) in [5.74, 6) is 0.841. The van der Waals surface area contributed by atoms with Gasteiger partial charge in [-0.05, 0) is 31.2 Å². The minimum absolute atomic E-state index is 0.0319. The monoisotopic (exact) mass is 275 g/mol. The molecule has 1 heterocycles. The minimum atomic E-state index is 0.0319. The summed E-state index contributed by atoms with van der Waals surface area (Å²) >= 11 is 0. The van der Waals surface area contributed by atoms with Crippen LogP contribution >= 0.6 is 0 Å². The number of carbonyl (C=O) groups excluding carboxylic acids is 1. The van der Waals surface area contributed by atoms with Crippen LogP contribution in [0.25, 0.3) is 0 Å². The molecule has 0 bridgehead atoms. The first-order valence-electron chi connectivity index (χ1n) is 7.99. The van der Waals surface area contributed by atoms with Crippen LogP contribution < -0.4 is 11.1 Å². The first kappa shape index (κ1) is 13.5. The van der Waals surface area contributed by atoms with Crippen molar-refractivity contribution in [3.8, 4) is 0 Å². The molecule has 1 amide bonds. The Morgan fingerprint density at radius 3 is 2.70 bits per heavy atom. The summed E-state index contributed by atoms with van der Waals surface area (Å²) in [6, 6.07) is 2.29. The highest BCUT2D eigenvalue weighted by atomic mass is 16.1. The maximum Gasteiger partial charge on any atom is 0.267 e. The van der Waals surface area contributed by atoms with Crippen LogP contribution in [0.2, 0.25) is 0 Å². The third-order valence-corrected chi connectivity index (χ3v) is 4.61. The van der Waals surface area contributed by atoms with Crippen molar-refractivity contribution in [2.24, 2.45) is 5.92 Å². The summed E-state index contributed by atoms with van der Waals surface area (Å²) in [6.07, 6.45) is 12.1. The Bertz CT molecular complexity index is 470. The number of anilines is 1. The second-order valence-corrected chi connectivity index (χ2v) is 6.35. The Hall–Kier alpha value is -1.45. The Kier molecular flexibility index (Phi) is 3.99. The molecule has 2 aliphatic rings. The topological polar surface area (TPSA) is 60.1 Å². The van der Waals surface area contributed by atoms with Gasteiger partial charge in [-0.25, -0.2) is 0 Å². The summed E-state index contributed by atoms with van der Waals surface area (Å²) in [6.45, 7) is 0.791. The molecule has 3 N–H and O–H groups in total. The number of nitrogen functional groups attached to an aromatic ring is 1. The van der Waals surface area contributed by atoms with Crippen LogP contribution in [-0.2, 0) is 0 Å². The van der Waals surface area contributed by atoms with Gasteiger partial charge in [-0.2, -0.15) is 0 Å². The standard InChI is InChI=1S/C16H25N3O/c17-13-10-15(19(11-13)14-6-7-14)16(20)18-9-8-12-4-2-1-3-5-12/h10-12,14H,1-9,17H2,(H,18,20). The van der Waals surface area contributed by atoms with Crippen LogP contribution in [0.5, 0.6) is 0 Å². The molecule has 4 nitrogen and oxygen atoms in total. The normalized spacial score (nSPS) is 20.0. The van der Waals surface area contributed by atoms with E-state index in [9.17, 15) is 4.79 Å². The number of rotatable bonds is 5. The molecule has 0 aromatic carbocycles. The summed E-state index contributed by atoms with van der Waals surface area (Å²) in [5, 5.41) is 3.07. The van der Waals surface area contributed by atoms with E-state index in [2.05, 4.69) is 5.32 Å². The van der Waals surface area contributed by atoms with Gasteiger partial charge in [0, 0.05) is 18.8 Å². The smallest absolute Gasteiger partial charge is 0.267 e. The second kappa shape index (κ2) is 5.90. The molecular formula is C16H25N3O. The molecule has 2 aliphatic carbocycles. The molecule has 3 rings (SSSR count). The molecule has 4 heteroatoms. The van der Waals surface area contributed by atoms with E-state index in [0.29, 0.717) is 11.7 Å². The van der Waals surface area contributed by atoms with Crippen molar-refractivity contribution in [3.05, 3.63) is 18.0 Å². The van der Waals surface area contributed by atoms with E-state index in [1.165, 1.54) is 32.1 Å². The highest BCUT2D eigenvalue weighted by Crippen LogP contribution is 2.37. The van der Waals surface area contributed by atoms with E-state index in [1.807, 2.05) is 10.8 Å². The molecule has 0 saturated heterocycles. The van der Waals surface area contributed by atoms with Gasteiger partial charge in [-0.1, -0.05) is 32.1 Å². The lowest BCUT2D eigenvalue weighted by molar-refractivity contribution is 0.0941. The van der Waals surface area contributed by atoms with Crippen LogP contribution in [0.1, 0.15) is 67.9 Å². The quantitative estimate of drug-likeness (QED) is 0.867. The fourth-order valence-electron chi connectivity index (χ4n) is 3.29. The summed E-state index contributed by atoms with van der Waals surface area (Å²) < 4.78 is 2.05. The zero-order valence-electron chi connectivity index (χ0n) is 12.1. The van der Waals surface area contributed by atoms with Crippen LogP contribution in [0.3, 0.4) is 0 Å². The molecule has 0 unspecified atom stereocenters. The van der Waals surface area contributed by atoms with Gasteiger partial charge in [-0.3, -0.25) is 4.79 Å². The van der Waals surface area contributed by atoms with Gasteiger partial charge >= 0.3 is 0 Å². The van der Waals surface area contributed by atoms with E-state index in [-0.39, 0.29) is 5.91 Å². The van der Waals surface area contributed by atoms with Crippen molar-refractivity contribution < 1.29 is 4.79 Å². The molecule has 0 aliphatic heterocycles. The van der Waals surface area contributed by atoms with Crippen LogP contribution in [0, 0.1) is 5.92 Å². The van der Waals surface area contributed by atoms with Gasteiger partial charge in [0.1, 0.15) is 5.69 Å². The van der Waals surface area contributed by atoms with Crippen molar-refractivity contribution in [2.75, 3.05) is 12.3 Å². The van der Waals surface area contributed by atoms with Gasteiger partial charge in [0.05, 0.1) is 5.69 Å². The zero-order chi connectivity index (χ0) is 13.9. The predicted molar refractivity (Wildman–Crippen MR) is 80.6 cm³/mol. The highest BCUT2D eigenvalue weighted by molar-refractivity contribution is 5.93. The van der Waals surface area contributed by atoms with Gasteiger partial charge in [0.15, 0.2) is 0 Å². The molecule has 1 aromatic rings. The average molecular weight is 275 g/mol. The SMILES string of the molecule is Nc1cc(C(=O)NCCC2CCCCC2)n(C2CC2)c1. The number of aromatic nitrogens is 1. The number of nitrogens with two attached hydrogens (primary N) is 1. The third kappa shape index (κ3) is 3.17. The molecule has 20 heavy (non-hydrogen) atoms. The number of nitrogens with zero attached hydrogens (tertiary/aromatic N) is 1. The van der Waals surface area contributed by atoms with E-state index in [4.69, 9.17) is 5.73 Å². The van der Waals surface area contributed by atoms with E-state index in [1.54, 1.807) is 6.07 Å². The largest absolute Gasteiger partial charge is 0.397 e. The van der Waals surface area contributed by atoms with Crippen molar-refractivity contribution in [1.29, 1.82) is 0 Å². The van der Waals surface area contributed by atoms with Gasteiger partial charge in [-0.15, -0.1) is 0 Å². The molecule has 0 radical (unpaired) electrons. The maximum absolute atomic E-state index is 12.3. The fraction of sp³-hybridized carbons (Fsp3) is 0.688. The van der Waals surface area contributed by atoms with Crippen LogP contribution in [0.4, 0.5) is 5.69 Å². The molecule has 2 fully saturated rings. The van der Waals surface area contributed by atoms with Crippen molar-refractivity contribution in [3.63, 3.8) is 0 Å². The Balaban J connectivity index is 1.51.